The fourth-order valence-corrected chi connectivity index (χ4v) is 4.38. The molecule has 4 aromatic rings. The van der Waals surface area contributed by atoms with E-state index in [0.717, 1.165) is 37.5 Å². The van der Waals surface area contributed by atoms with Gasteiger partial charge >= 0.3 is 5.97 Å². The highest BCUT2D eigenvalue weighted by Crippen LogP contribution is 2.33. The molecule has 4 nitrogen and oxygen atoms in total. The molecule has 0 fully saturated rings. The van der Waals surface area contributed by atoms with Crippen molar-refractivity contribution in [3.8, 4) is 0 Å². The number of carbonyl (C=O) groups is 1. The van der Waals surface area contributed by atoms with Crippen molar-refractivity contribution in [3.05, 3.63) is 107 Å². The van der Waals surface area contributed by atoms with E-state index >= 15 is 0 Å². The summed E-state index contributed by atoms with van der Waals surface area (Å²) in [5.74, 6) is -0.122. The van der Waals surface area contributed by atoms with Crippen LogP contribution in [0.25, 0.3) is 17.0 Å². The molecule has 0 atom stereocenters. The van der Waals surface area contributed by atoms with Crippen molar-refractivity contribution in [1.29, 1.82) is 0 Å². The number of benzene rings is 3. The number of aliphatic imine (C=N–C) groups is 1. The van der Waals surface area contributed by atoms with E-state index < -0.39 is 5.97 Å². The summed E-state index contributed by atoms with van der Waals surface area (Å²) in [6.45, 7) is 4.03. The van der Waals surface area contributed by atoms with Crippen LogP contribution in [0.15, 0.2) is 99.5 Å². The van der Waals surface area contributed by atoms with Gasteiger partial charge in [-0.15, -0.1) is 0 Å². The van der Waals surface area contributed by atoms with Gasteiger partial charge in [0.15, 0.2) is 5.70 Å². The largest absolute Gasteiger partial charge is 0.402 e. The minimum absolute atomic E-state index is 0.270. The smallest absolute Gasteiger partial charge is 0.363 e. The first kappa shape index (κ1) is 20.2. The Kier molecular flexibility index (Phi) is 5.33. The van der Waals surface area contributed by atoms with Gasteiger partial charge in [0.25, 0.3) is 0 Å². The van der Waals surface area contributed by atoms with Crippen LogP contribution in [0, 0.1) is 13.8 Å². The zero-order valence-corrected chi connectivity index (χ0v) is 18.5. The summed E-state index contributed by atoms with van der Waals surface area (Å²) in [5, 5.41) is 1.81. The van der Waals surface area contributed by atoms with Crippen molar-refractivity contribution in [2.75, 3.05) is 0 Å². The van der Waals surface area contributed by atoms with Gasteiger partial charge in [-0.25, -0.2) is 14.8 Å². The Morgan fingerprint density at radius 3 is 2.47 bits per heavy atom. The highest BCUT2D eigenvalue weighted by Gasteiger charge is 2.25. The molecule has 3 aromatic carbocycles. The number of nitrogens with zero attached hydrogens (tertiary/aromatic N) is 2. The van der Waals surface area contributed by atoms with Gasteiger partial charge in [0, 0.05) is 21.4 Å². The molecule has 2 heterocycles. The Labute approximate surface area is 190 Å². The van der Waals surface area contributed by atoms with E-state index in [2.05, 4.69) is 36.2 Å². The molecular weight excluding hydrogens is 416 g/mol. The summed E-state index contributed by atoms with van der Waals surface area (Å²) in [6, 6.07) is 26.0. The molecule has 156 valence electrons. The van der Waals surface area contributed by atoms with Crippen molar-refractivity contribution in [3.63, 3.8) is 0 Å². The van der Waals surface area contributed by atoms with Gasteiger partial charge in [-0.3, -0.25) is 0 Å². The molecule has 1 aliphatic heterocycles. The van der Waals surface area contributed by atoms with Crippen LogP contribution in [0.3, 0.4) is 0 Å². The van der Waals surface area contributed by atoms with Crippen LogP contribution in [0.2, 0.25) is 0 Å². The summed E-state index contributed by atoms with van der Waals surface area (Å²) in [6.07, 6.45) is 1.77. The molecule has 1 aromatic heterocycles. The number of rotatable bonds is 4. The van der Waals surface area contributed by atoms with Gasteiger partial charge in [-0.1, -0.05) is 65.9 Å². The van der Waals surface area contributed by atoms with Crippen molar-refractivity contribution >= 4 is 40.6 Å². The molecule has 5 rings (SSSR count). The lowest BCUT2D eigenvalue weighted by molar-refractivity contribution is -0.129. The molecule has 0 unspecified atom stereocenters. The van der Waals surface area contributed by atoms with Gasteiger partial charge in [0.2, 0.25) is 5.90 Å². The molecule has 0 saturated carbocycles. The Hall–Kier alpha value is -3.70. The lowest BCUT2D eigenvalue weighted by atomic mass is 10.1. The van der Waals surface area contributed by atoms with Crippen molar-refractivity contribution in [2.45, 2.75) is 23.8 Å². The lowest BCUT2D eigenvalue weighted by Crippen LogP contribution is -2.06. The number of aryl methyl sites for hydroxylation is 2. The highest BCUT2D eigenvalue weighted by molar-refractivity contribution is 7.99. The standard InChI is InChI=1S/C27H20N2O2S/c1-17-11-13-21(14-12-17)32-26-20(15-19-8-4-6-10-23(19)29-26)16-24-27(30)31-25(28-24)22-9-5-3-7-18(22)2/h3-16H,1-2H3. The topological polar surface area (TPSA) is 51.6 Å². The zero-order valence-electron chi connectivity index (χ0n) is 17.7. The number of para-hydroxylation sites is 1. The van der Waals surface area contributed by atoms with Gasteiger partial charge < -0.3 is 4.74 Å². The van der Waals surface area contributed by atoms with E-state index in [-0.39, 0.29) is 5.70 Å². The molecule has 0 radical (unpaired) electrons. The summed E-state index contributed by atoms with van der Waals surface area (Å²) < 4.78 is 5.49. The second-order valence-corrected chi connectivity index (χ2v) is 8.70. The van der Waals surface area contributed by atoms with E-state index in [1.807, 2.05) is 61.5 Å². The number of aromatic nitrogens is 1. The normalized spacial score (nSPS) is 14.6. The second-order valence-electron chi connectivity index (χ2n) is 7.64. The number of hydrogen-bond acceptors (Lipinski definition) is 5. The number of hydrogen-bond donors (Lipinski definition) is 0. The van der Waals surface area contributed by atoms with Gasteiger partial charge in [-0.05, 0) is 55.8 Å². The summed E-state index contributed by atoms with van der Waals surface area (Å²) in [4.78, 5) is 23.1. The van der Waals surface area contributed by atoms with Crippen molar-refractivity contribution in [1.82, 2.24) is 4.98 Å². The molecule has 1 aliphatic rings. The molecule has 0 aliphatic carbocycles. The fourth-order valence-electron chi connectivity index (χ4n) is 3.50. The van der Waals surface area contributed by atoms with Crippen LogP contribution < -0.4 is 0 Å². The van der Waals surface area contributed by atoms with E-state index in [0.29, 0.717) is 5.90 Å². The maximum absolute atomic E-state index is 12.6. The minimum atomic E-state index is -0.456. The predicted octanol–water partition coefficient (Wildman–Crippen LogP) is 6.35. The highest BCUT2D eigenvalue weighted by atomic mass is 32.2. The summed E-state index contributed by atoms with van der Waals surface area (Å²) >= 11 is 1.57. The minimum Gasteiger partial charge on any atom is -0.402 e. The van der Waals surface area contributed by atoms with E-state index in [4.69, 9.17) is 9.72 Å². The number of fused-ring (bicyclic) bond motifs is 1. The SMILES string of the molecule is Cc1ccc(Sc2nc3ccccc3cc2C=C2N=C(c3ccccc3C)OC2=O)cc1. The number of esters is 1. The molecule has 32 heavy (non-hydrogen) atoms. The second kappa shape index (κ2) is 8.44. The third-order valence-corrected chi connectivity index (χ3v) is 6.27. The molecule has 5 heteroatoms. The molecule has 0 N–H and O–H groups in total. The van der Waals surface area contributed by atoms with Crippen LogP contribution in [-0.4, -0.2) is 16.9 Å². The van der Waals surface area contributed by atoms with Crippen molar-refractivity contribution in [2.24, 2.45) is 4.99 Å². The quantitative estimate of drug-likeness (QED) is 0.276. The molecule has 0 spiro atoms. The third kappa shape index (κ3) is 4.07. The summed E-state index contributed by atoms with van der Waals surface area (Å²) in [5.41, 5.74) is 5.03. The maximum Gasteiger partial charge on any atom is 0.363 e. The summed E-state index contributed by atoms with van der Waals surface area (Å²) in [7, 11) is 0. The van der Waals surface area contributed by atoms with Crippen LogP contribution >= 0.6 is 11.8 Å². The van der Waals surface area contributed by atoms with Gasteiger partial charge in [0.1, 0.15) is 5.03 Å². The number of cyclic esters (lactones) is 1. The number of pyridine rings is 1. The lowest BCUT2D eigenvalue weighted by Gasteiger charge is -2.08. The van der Waals surface area contributed by atoms with E-state index in [9.17, 15) is 4.79 Å². The zero-order chi connectivity index (χ0) is 22.1. The number of carbonyl (C=O) groups excluding carboxylic acids is 1. The Bertz CT molecular complexity index is 1410. The molecule has 0 saturated heterocycles. The van der Waals surface area contributed by atoms with Crippen LogP contribution in [0.5, 0.6) is 0 Å². The van der Waals surface area contributed by atoms with Crippen LogP contribution in [0.1, 0.15) is 22.3 Å². The predicted molar refractivity (Wildman–Crippen MR) is 129 cm³/mol. The first-order chi connectivity index (χ1) is 15.6. The van der Waals surface area contributed by atoms with Crippen LogP contribution in [-0.2, 0) is 9.53 Å². The molecular formula is C27H20N2O2S. The average Bonchev–Trinajstić information content (AvgIpc) is 3.16. The van der Waals surface area contributed by atoms with E-state index in [1.54, 1.807) is 17.8 Å². The first-order valence-electron chi connectivity index (χ1n) is 10.3. The number of ether oxygens (including phenoxy) is 1. The average molecular weight is 437 g/mol. The monoisotopic (exact) mass is 436 g/mol. The van der Waals surface area contributed by atoms with Gasteiger partial charge in [0.05, 0.1) is 5.52 Å². The Morgan fingerprint density at radius 1 is 0.906 bits per heavy atom. The maximum atomic E-state index is 12.6. The van der Waals surface area contributed by atoms with E-state index in [1.165, 1.54) is 5.56 Å². The molecule has 0 amide bonds. The Balaban J connectivity index is 1.59. The van der Waals surface area contributed by atoms with Crippen molar-refractivity contribution < 1.29 is 9.53 Å². The van der Waals surface area contributed by atoms with Crippen LogP contribution in [0.4, 0.5) is 0 Å². The molecule has 0 bridgehead atoms. The van der Waals surface area contributed by atoms with Gasteiger partial charge in [-0.2, -0.15) is 0 Å². The third-order valence-electron chi connectivity index (χ3n) is 5.24. The fraction of sp³-hybridized carbons (Fsp3) is 0.0741. The first-order valence-corrected chi connectivity index (χ1v) is 11.1. The Morgan fingerprint density at radius 2 is 1.66 bits per heavy atom.